The Bertz CT molecular complexity index is 539. The molecule has 1 unspecified atom stereocenters. The van der Waals surface area contributed by atoms with Crippen LogP contribution in [0, 0.1) is 0 Å². The highest BCUT2D eigenvalue weighted by Gasteiger charge is 2.37. The first-order valence-corrected chi connectivity index (χ1v) is 8.29. The van der Waals surface area contributed by atoms with Gasteiger partial charge in [0, 0.05) is 19.1 Å². The average Bonchev–Trinajstić information content (AvgIpc) is 2.98. The number of rotatable bonds is 6. The van der Waals surface area contributed by atoms with Gasteiger partial charge in [-0.1, -0.05) is 0 Å². The molecule has 1 aromatic rings. The number of hydrogen-bond donors (Lipinski definition) is 1. The van der Waals surface area contributed by atoms with E-state index >= 15 is 0 Å². The lowest BCUT2D eigenvalue weighted by atomic mass is 10.2. The van der Waals surface area contributed by atoms with Crippen molar-refractivity contribution >= 4 is 10.0 Å². The summed E-state index contributed by atoms with van der Waals surface area (Å²) >= 11 is 0. The first-order valence-electron chi connectivity index (χ1n) is 6.85. The Morgan fingerprint density at radius 1 is 1.45 bits per heavy atom. The molecule has 0 amide bonds. The summed E-state index contributed by atoms with van der Waals surface area (Å²) < 4.78 is 32.3. The molecule has 114 valence electrons. The van der Waals surface area contributed by atoms with Gasteiger partial charge in [-0.3, -0.25) is 0 Å². The lowest BCUT2D eigenvalue weighted by molar-refractivity contribution is 0.284. The largest absolute Gasteiger partial charge is 0.447 e. The second-order valence-corrected chi connectivity index (χ2v) is 7.25. The molecule has 1 saturated heterocycles. The molecule has 2 heterocycles. The molecule has 6 nitrogen and oxygen atoms in total. The first kappa shape index (κ1) is 15.5. The predicted octanol–water partition coefficient (Wildman–Crippen LogP) is 0.714. The summed E-state index contributed by atoms with van der Waals surface area (Å²) in [7, 11) is 2.20. The summed E-state index contributed by atoms with van der Waals surface area (Å²) in [4.78, 5) is 2.02. The Kier molecular flexibility index (Phi) is 4.85. The van der Waals surface area contributed by atoms with Crippen LogP contribution in [-0.4, -0.2) is 57.9 Å². The highest BCUT2D eigenvalue weighted by Crippen LogP contribution is 2.27. The fourth-order valence-corrected chi connectivity index (χ4v) is 4.23. The molecule has 0 bridgehead atoms. The molecule has 1 fully saturated rings. The van der Waals surface area contributed by atoms with Crippen LogP contribution >= 0.6 is 0 Å². The van der Waals surface area contributed by atoms with E-state index in [1.54, 1.807) is 23.5 Å². The minimum absolute atomic E-state index is 0.0350. The number of likely N-dealkylation sites (N-methyl/N-ethyl adjacent to an activating group) is 1. The van der Waals surface area contributed by atoms with Crippen molar-refractivity contribution in [3.05, 3.63) is 17.9 Å². The maximum absolute atomic E-state index is 12.6. The maximum atomic E-state index is 12.6. The molecule has 7 heteroatoms. The molecular weight excluding hydrogens is 278 g/mol. The van der Waals surface area contributed by atoms with Crippen molar-refractivity contribution in [1.29, 1.82) is 0 Å². The maximum Gasteiger partial charge on any atom is 0.276 e. The van der Waals surface area contributed by atoms with Crippen molar-refractivity contribution in [2.24, 2.45) is 0 Å². The lowest BCUT2D eigenvalue weighted by Crippen LogP contribution is -2.41. The standard InChI is InChI=1S/C13H23N3O3S/c1-14-9-12-6-7-13(19-12)20(17,18)16-8-4-5-11(16)10-15(2)3/h6-7,11,14H,4-5,8-10H2,1-3H3. The average molecular weight is 301 g/mol. The van der Waals surface area contributed by atoms with Crippen molar-refractivity contribution in [3.63, 3.8) is 0 Å². The van der Waals surface area contributed by atoms with Gasteiger partial charge in [0.1, 0.15) is 5.76 Å². The van der Waals surface area contributed by atoms with Gasteiger partial charge in [-0.05, 0) is 46.1 Å². The van der Waals surface area contributed by atoms with Gasteiger partial charge >= 0.3 is 0 Å². The van der Waals surface area contributed by atoms with Crippen LogP contribution in [0.25, 0.3) is 0 Å². The van der Waals surface area contributed by atoms with E-state index in [2.05, 4.69) is 5.32 Å². The monoisotopic (exact) mass is 301 g/mol. The van der Waals surface area contributed by atoms with Crippen LogP contribution in [0.5, 0.6) is 0 Å². The van der Waals surface area contributed by atoms with E-state index in [1.807, 2.05) is 19.0 Å². The topological polar surface area (TPSA) is 65.8 Å². The van der Waals surface area contributed by atoms with Crippen LogP contribution in [0.4, 0.5) is 0 Å². The van der Waals surface area contributed by atoms with Gasteiger partial charge in [0.25, 0.3) is 10.0 Å². The summed E-state index contributed by atoms with van der Waals surface area (Å²) in [6, 6.07) is 3.29. The van der Waals surface area contributed by atoms with Gasteiger partial charge in [0.2, 0.25) is 5.09 Å². The van der Waals surface area contributed by atoms with E-state index in [0.717, 1.165) is 19.4 Å². The predicted molar refractivity (Wildman–Crippen MR) is 76.9 cm³/mol. The number of nitrogens with zero attached hydrogens (tertiary/aromatic N) is 2. The van der Waals surface area contributed by atoms with Crippen molar-refractivity contribution < 1.29 is 12.8 Å². The highest BCUT2D eigenvalue weighted by atomic mass is 32.2. The van der Waals surface area contributed by atoms with Crippen LogP contribution < -0.4 is 5.32 Å². The summed E-state index contributed by atoms with van der Waals surface area (Å²) in [5.74, 6) is 0.634. The first-order chi connectivity index (χ1) is 9.45. The minimum Gasteiger partial charge on any atom is -0.447 e. The zero-order chi connectivity index (χ0) is 14.8. The second-order valence-electron chi connectivity index (χ2n) is 5.43. The third-order valence-electron chi connectivity index (χ3n) is 3.45. The molecule has 0 radical (unpaired) electrons. The zero-order valence-corrected chi connectivity index (χ0v) is 13.1. The molecule has 0 spiro atoms. The van der Waals surface area contributed by atoms with Crippen LogP contribution in [0.15, 0.2) is 21.6 Å². The van der Waals surface area contributed by atoms with Crippen molar-refractivity contribution in [2.45, 2.75) is 30.5 Å². The Hall–Kier alpha value is -0.890. The van der Waals surface area contributed by atoms with Crippen LogP contribution in [0.3, 0.4) is 0 Å². The summed E-state index contributed by atoms with van der Waals surface area (Å²) in [6.07, 6.45) is 1.81. The SMILES string of the molecule is CNCc1ccc(S(=O)(=O)N2CCCC2CN(C)C)o1. The van der Waals surface area contributed by atoms with Crippen molar-refractivity contribution in [2.75, 3.05) is 34.2 Å². The molecule has 1 atom stereocenters. The quantitative estimate of drug-likeness (QED) is 0.838. The molecule has 2 rings (SSSR count). The van der Waals surface area contributed by atoms with E-state index in [1.165, 1.54) is 0 Å². The van der Waals surface area contributed by atoms with Gasteiger partial charge in [0.05, 0.1) is 6.54 Å². The Balaban J connectivity index is 2.19. The summed E-state index contributed by atoms with van der Waals surface area (Å²) in [5.41, 5.74) is 0. The number of hydrogen-bond acceptors (Lipinski definition) is 5. The van der Waals surface area contributed by atoms with Gasteiger partial charge in [-0.25, -0.2) is 8.42 Å². The molecule has 1 N–H and O–H groups in total. The third-order valence-corrected chi connectivity index (χ3v) is 5.28. The third kappa shape index (κ3) is 3.22. The molecule has 0 aliphatic carbocycles. The number of sulfonamides is 1. The Morgan fingerprint density at radius 3 is 2.85 bits per heavy atom. The summed E-state index contributed by atoms with van der Waals surface area (Å²) in [6.45, 7) is 1.84. The van der Waals surface area contributed by atoms with E-state index in [0.29, 0.717) is 18.8 Å². The Morgan fingerprint density at radius 2 is 2.20 bits per heavy atom. The molecule has 1 aliphatic rings. The van der Waals surface area contributed by atoms with E-state index in [4.69, 9.17) is 4.42 Å². The summed E-state index contributed by atoms with van der Waals surface area (Å²) in [5, 5.41) is 2.99. The van der Waals surface area contributed by atoms with Crippen molar-refractivity contribution in [3.8, 4) is 0 Å². The second kappa shape index (κ2) is 6.26. The molecular formula is C13H23N3O3S. The zero-order valence-electron chi connectivity index (χ0n) is 12.3. The normalized spacial score (nSPS) is 20.9. The van der Waals surface area contributed by atoms with Gasteiger partial charge < -0.3 is 14.6 Å². The van der Waals surface area contributed by atoms with Crippen LogP contribution in [0.1, 0.15) is 18.6 Å². The van der Waals surface area contributed by atoms with Crippen molar-refractivity contribution in [1.82, 2.24) is 14.5 Å². The Labute approximate surface area is 120 Å². The smallest absolute Gasteiger partial charge is 0.276 e. The molecule has 20 heavy (non-hydrogen) atoms. The number of furan rings is 1. The fourth-order valence-electron chi connectivity index (χ4n) is 2.61. The minimum atomic E-state index is -3.52. The number of nitrogens with one attached hydrogen (secondary N) is 1. The van der Waals surface area contributed by atoms with Gasteiger partial charge in [-0.15, -0.1) is 0 Å². The molecule has 1 aromatic heterocycles. The lowest BCUT2D eigenvalue weighted by Gasteiger charge is -2.25. The molecule has 0 aromatic carbocycles. The van der Waals surface area contributed by atoms with E-state index in [9.17, 15) is 8.42 Å². The van der Waals surface area contributed by atoms with Crippen LogP contribution in [-0.2, 0) is 16.6 Å². The van der Waals surface area contributed by atoms with Gasteiger partial charge in [0.15, 0.2) is 0 Å². The van der Waals surface area contributed by atoms with E-state index in [-0.39, 0.29) is 11.1 Å². The highest BCUT2D eigenvalue weighted by molar-refractivity contribution is 7.89. The van der Waals surface area contributed by atoms with E-state index < -0.39 is 10.0 Å². The van der Waals surface area contributed by atoms with Gasteiger partial charge in [-0.2, -0.15) is 4.31 Å². The van der Waals surface area contributed by atoms with Crippen LogP contribution in [0.2, 0.25) is 0 Å². The molecule has 0 saturated carbocycles. The fraction of sp³-hybridized carbons (Fsp3) is 0.692. The molecule has 1 aliphatic heterocycles.